The van der Waals surface area contributed by atoms with Gasteiger partial charge < -0.3 is 9.84 Å². The minimum atomic E-state index is 0.0587. The second kappa shape index (κ2) is 6.36. The van der Waals surface area contributed by atoms with Crippen molar-refractivity contribution in [3.63, 3.8) is 0 Å². The maximum Gasteiger partial charge on any atom is 0.241 e. The average Bonchev–Trinajstić information content (AvgIpc) is 3.17. The van der Waals surface area contributed by atoms with E-state index in [4.69, 9.17) is 4.52 Å². The lowest BCUT2D eigenvalue weighted by molar-refractivity contribution is -0.126. The lowest BCUT2D eigenvalue weighted by atomic mass is 9.97. The molecule has 2 aromatic rings. The summed E-state index contributed by atoms with van der Waals surface area (Å²) in [5.41, 5.74) is 0. The molecule has 1 saturated heterocycles. The van der Waals surface area contributed by atoms with Gasteiger partial charge in [0, 0.05) is 13.6 Å². The third kappa shape index (κ3) is 3.30. The Hall–Kier alpha value is -1.73. The van der Waals surface area contributed by atoms with Gasteiger partial charge in [-0.1, -0.05) is 11.2 Å². The summed E-state index contributed by atoms with van der Waals surface area (Å²) in [4.78, 5) is 19.4. The number of rotatable bonds is 4. The molecule has 0 spiro atoms. The van der Waals surface area contributed by atoms with Crippen LogP contribution in [-0.4, -0.2) is 41.1 Å². The van der Waals surface area contributed by atoms with Crippen LogP contribution in [0.2, 0.25) is 0 Å². The zero-order chi connectivity index (χ0) is 14.7. The number of aromatic nitrogens is 2. The van der Waals surface area contributed by atoms with Crippen molar-refractivity contribution in [1.82, 2.24) is 20.4 Å². The van der Waals surface area contributed by atoms with Gasteiger partial charge in [-0.05, 0) is 30.8 Å². The van der Waals surface area contributed by atoms with Gasteiger partial charge in [-0.2, -0.15) is 4.98 Å². The van der Waals surface area contributed by atoms with Crippen LogP contribution >= 0.6 is 11.3 Å². The molecular weight excluding hydrogens is 288 g/mol. The zero-order valence-corrected chi connectivity index (χ0v) is 12.7. The molecule has 0 aliphatic carbocycles. The van der Waals surface area contributed by atoms with E-state index in [1.807, 2.05) is 17.5 Å². The van der Waals surface area contributed by atoms with Gasteiger partial charge in [0.1, 0.15) is 0 Å². The van der Waals surface area contributed by atoms with Crippen molar-refractivity contribution in [3.8, 4) is 10.7 Å². The number of likely N-dealkylation sites (tertiary alicyclic amines) is 1. The number of hydrogen-bond acceptors (Lipinski definition) is 6. The smallest absolute Gasteiger partial charge is 0.241 e. The average molecular weight is 306 g/mol. The Morgan fingerprint density at radius 2 is 2.52 bits per heavy atom. The minimum Gasteiger partial charge on any atom is -0.359 e. The molecule has 112 valence electrons. The van der Waals surface area contributed by atoms with Gasteiger partial charge >= 0.3 is 0 Å². The number of piperidine rings is 1. The molecule has 1 aliphatic rings. The molecule has 21 heavy (non-hydrogen) atoms. The first-order valence-corrected chi connectivity index (χ1v) is 7.94. The Bertz CT molecular complexity index is 596. The van der Waals surface area contributed by atoms with E-state index < -0.39 is 0 Å². The van der Waals surface area contributed by atoms with Crippen molar-refractivity contribution in [3.05, 3.63) is 23.4 Å². The predicted molar refractivity (Wildman–Crippen MR) is 79.7 cm³/mol. The van der Waals surface area contributed by atoms with Crippen LogP contribution in [0.15, 0.2) is 22.0 Å². The number of carbonyl (C=O) groups is 1. The van der Waals surface area contributed by atoms with Crippen LogP contribution in [0, 0.1) is 5.92 Å². The largest absolute Gasteiger partial charge is 0.359 e. The lowest BCUT2D eigenvalue weighted by Gasteiger charge is -2.30. The first-order valence-electron chi connectivity index (χ1n) is 7.06. The minimum absolute atomic E-state index is 0.0587. The van der Waals surface area contributed by atoms with Crippen LogP contribution in [-0.2, 0) is 11.3 Å². The number of hydrogen-bond donors (Lipinski definition) is 1. The molecule has 1 aliphatic heterocycles. The number of thiophene rings is 1. The number of nitrogens with zero attached hydrogens (tertiary/aromatic N) is 3. The fourth-order valence-corrected chi connectivity index (χ4v) is 3.28. The lowest BCUT2D eigenvalue weighted by Crippen LogP contribution is -2.41. The third-order valence-electron chi connectivity index (χ3n) is 3.69. The summed E-state index contributed by atoms with van der Waals surface area (Å²) in [7, 11) is 1.69. The summed E-state index contributed by atoms with van der Waals surface area (Å²) in [5.74, 6) is 1.42. The molecule has 2 aromatic heterocycles. The van der Waals surface area contributed by atoms with Gasteiger partial charge in [0.25, 0.3) is 0 Å². The van der Waals surface area contributed by atoms with Gasteiger partial charge in [0.2, 0.25) is 17.6 Å². The van der Waals surface area contributed by atoms with E-state index in [1.165, 1.54) is 0 Å². The van der Waals surface area contributed by atoms with Crippen LogP contribution < -0.4 is 5.32 Å². The molecule has 6 nitrogen and oxygen atoms in total. The Balaban J connectivity index is 1.62. The van der Waals surface area contributed by atoms with E-state index in [2.05, 4.69) is 20.4 Å². The summed E-state index contributed by atoms with van der Waals surface area (Å²) in [6.45, 7) is 2.31. The highest BCUT2D eigenvalue weighted by Crippen LogP contribution is 2.23. The van der Waals surface area contributed by atoms with E-state index in [0.717, 1.165) is 30.8 Å². The molecule has 0 radical (unpaired) electrons. The second-order valence-corrected chi connectivity index (χ2v) is 6.13. The van der Waals surface area contributed by atoms with Gasteiger partial charge in [0.15, 0.2) is 0 Å². The van der Waals surface area contributed by atoms with Crippen molar-refractivity contribution in [2.24, 2.45) is 5.92 Å². The SMILES string of the molecule is CNC(=O)C1CCCN(Cc2nc(-c3cccs3)no2)C1. The summed E-state index contributed by atoms with van der Waals surface area (Å²) >= 11 is 1.59. The van der Waals surface area contributed by atoms with Gasteiger partial charge in [0.05, 0.1) is 17.3 Å². The topological polar surface area (TPSA) is 71.3 Å². The number of carbonyl (C=O) groups excluding carboxylic acids is 1. The maximum absolute atomic E-state index is 11.7. The summed E-state index contributed by atoms with van der Waals surface area (Å²) in [6.07, 6.45) is 1.96. The second-order valence-electron chi connectivity index (χ2n) is 5.18. The van der Waals surface area contributed by atoms with Crippen molar-refractivity contribution < 1.29 is 9.32 Å². The molecule has 0 aromatic carbocycles. The molecule has 1 fully saturated rings. The third-order valence-corrected chi connectivity index (χ3v) is 4.56. The highest BCUT2D eigenvalue weighted by Gasteiger charge is 2.26. The van der Waals surface area contributed by atoms with Crippen molar-refractivity contribution in [2.45, 2.75) is 19.4 Å². The van der Waals surface area contributed by atoms with Gasteiger partial charge in [-0.25, -0.2) is 0 Å². The standard InChI is InChI=1S/C14H18N4O2S/c1-15-14(19)10-4-2-6-18(8-10)9-12-16-13(17-20-12)11-5-3-7-21-11/h3,5,7,10H,2,4,6,8-9H2,1H3,(H,15,19). The van der Waals surface area contributed by atoms with Gasteiger partial charge in [-0.15, -0.1) is 11.3 Å². The highest BCUT2D eigenvalue weighted by atomic mass is 32.1. The van der Waals surface area contributed by atoms with E-state index in [9.17, 15) is 4.79 Å². The summed E-state index contributed by atoms with van der Waals surface area (Å²) in [6, 6.07) is 3.94. The maximum atomic E-state index is 11.7. The van der Waals surface area contributed by atoms with Gasteiger partial charge in [-0.3, -0.25) is 9.69 Å². The summed E-state index contributed by atoms with van der Waals surface area (Å²) in [5, 5.41) is 8.73. The first kappa shape index (κ1) is 14.2. The van der Waals surface area contributed by atoms with Crippen LogP contribution in [0.4, 0.5) is 0 Å². The predicted octanol–water partition coefficient (Wildman–Crippen LogP) is 1.76. The molecule has 1 atom stereocenters. The molecule has 1 unspecified atom stereocenters. The zero-order valence-electron chi connectivity index (χ0n) is 11.9. The Labute approximate surface area is 127 Å². The molecule has 0 saturated carbocycles. The fourth-order valence-electron chi connectivity index (χ4n) is 2.63. The van der Waals surface area contributed by atoms with E-state index in [0.29, 0.717) is 18.3 Å². The van der Waals surface area contributed by atoms with Crippen LogP contribution in [0.25, 0.3) is 10.7 Å². The molecule has 7 heteroatoms. The van der Waals surface area contributed by atoms with Crippen molar-refractivity contribution >= 4 is 17.2 Å². The van der Waals surface area contributed by atoms with Crippen molar-refractivity contribution in [1.29, 1.82) is 0 Å². The molecular formula is C14H18N4O2S. The quantitative estimate of drug-likeness (QED) is 0.932. The number of nitrogens with one attached hydrogen (secondary N) is 1. The molecule has 3 heterocycles. The molecule has 1 N–H and O–H groups in total. The first-order chi connectivity index (χ1) is 10.3. The van der Waals surface area contributed by atoms with Crippen LogP contribution in [0.5, 0.6) is 0 Å². The molecule has 0 bridgehead atoms. The monoisotopic (exact) mass is 306 g/mol. The molecule has 1 amide bonds. The Morgan fingerprint density at radius 1 is 1.62 bits per heavy atom. The Kier molecular flexibility index (Phi) is 4.31. The summed E-state index contributed by atoms with van der Waals surface area (Å²) < 4.78 is 5.32. The molecule has 3 rings (SSSR count). The van der Waals surface area contributed by atoms with E-state index in [-0.39, 0.29) is 11.8 Å². The highest BCUT2D eigenvalue weighted by molar-refractivity contribution is 7.13. The van der Waals surface area contributed by atoms with Crippen molar-refractivity contribution in [2.75, 3.05) is 20.1 Å². The number of amides is 1. The van der Waals surface area contributed by atoms with E-state index >= 15 is 0 Å². The Morgan fingerprint density at radius 3 is 3.29 bits per heavy atom. The van der Waals surface area contributed by atoms with E-state index in [1.54, 1.807) is 18.4 Å². The van der Waals surface area contributed by atoms with Crippen LogP contribution in [0.3, 0.4) is 0 Å². The fraction of sp³-hybridized carbons (Fsp3) is 0.500. The van der Waals surface area contributed by atoms with Crippen LogP contribution in [0.1, 0.15) is 18.7 Å². The normalized spacial score (nSPS) is 19.6.